The van der Waals surface area contributed by atoms with Crippen LogP contribution in [0, 0.1) is 0 Å². The zero-order valence-corrected chi connectivity index (χ0v) is 9.97. The molecule has 0 unspecified atom stereocenters. The second-order valence-corrected chi connectivity index (χ2v) is 4.09. The Morgan fingerprint density at radius 1 is 1.22 bits per heavy atom. The SMILES string of the molecule is COc1ccc2[nH]cc(-c3ccc(N)cn3)c2c1. The highest BCUT2D eigenvalue weighted by Gasteiger charge is 2.08. The Balaban J connectivity index is 2.19. The molecule has 0 atom stereocenters. The van der Waals surface area contributed by atoms with Gasteiger partial charge in [-0.2, -0.15) is 0 Å². The predicted molar refractivity (Wildman–Crippen MR) is 72.5 cm³/mol. The average molecular weight is 239 g/mol. The second-order valence-electron chi connectivity index (χ2n) is 4.09. The van der Waals surface area contributed by atoms with Crippen molar-refractivity contribution in [2.75, 3.05) is 12.8 Å². The number of nitrogen functional groups attached to an aromatic ring is 1. The van der Waals surface area contributed by atoms with Crippen molar-refractivity contribution < 1.29 is 4.74 Å². The monoisotopic (exact) mass is 239 g/mol. The van der Waals surface area contributed by atoms with E-state index in [-0.39, 0.29) is 0 Å². The molecule has 18 heavy (non-hydrogen) atoms. The standard InChI is InChI=1S/C14H13N3O/c1-18-10-3-5-13-11(6-10)12(8-17-13)14-4-2-9(15)7-16-14/h2-8,17H,15H2,1H3. The Hall–Kier alpha value is -2.49. The molecule has 90 valence electrons. The van der Waals surface area contributed by atoms with Crippen LogP contribution in [0.1, 0.15) is 0 Å². The lowest BCUT2D eigenvalue weighted by atomic mass is 10.1. The molecule has 0 amide bonds. The van der Waals surface area contributed by atoms with Gasteiger partial charge in [0.1, 0.15) is 5.75 Å². The Morgan fingerprint density at radius 2 is 2.11 bits per heavy atom. The molecule has 2 aromatic heterocycles. The Bertz CT molecular complexity index is 686. The smallest absolute Gasteiger partial charge is 0.119 e. The molecule has 1 aromatic carbocycles. The number of methoxy groups -OCH3 is 1. The number of nitrogens with zero attached hydrogens (tertiary/aromatic N) is 1. The van der Waals surface area contributed by atoms with Crippen LogP contribution in [0.5, 0.6) is 5.75 Å². The summed E-state index contributed by atoms with van der Waals surface area (Å²) < 4.78 is 5.25. The molecule has 0 saturated carbocycles. The number of fused-ring (bicyclic) bond motifs is 1. The van der Waals surface area contributed by atoms with E-state index >= 15 is 0 Å². The number of H-pyrrole nitrogens is 1. The number of ether oxygens (including phenoxy) is 1. The summed E-state index contributed by atoms with van der Waals surface area (Å²) in [4.78, 5) is 7.57. The van der Waals surface area contributed by atoms with Crippen molar-refractivity contribution in [1.29, 1.82) is 0 Å². The number of hydrogen-bond donors (Lipinski definition) is 2. The topological polar surface area (TPSA) is 63.9 Å². The molecule has 3 N–H and O–H groups in total. The van der Waals surface area contributed by atoms with Gasteiger partial charge in [-0.1, -0.05) is 0 Å². The lowest BCUT2D eigenvalue weighted by Crippen LogP contribution is -1.87. The summed E-state index contributed by atoms with van der Waals surface area (Å²) in [5.41, 5.74) is 9.31. The van der Waals surface area contributed by atoms with E-state index in [9.17, 15) is 0 Å². The molecule has 0 aliphatic heterocycles. The summed E-state index contributed by atoms with van der Waals surface area (Å²) in [5.74, 6) is 0.832. The maximum atomic E-state index is 5.65. The molecule has 4 heteroatoms. The van der Waals surface area contributed by atoms with Gasteiger partial charge in [-0.05, 0) is 30.3 Å². The van der Waals surface area contributed by atoms with Gasteiger partial charge in [0, 0.05) is 22.7 Å². The molecule has 0 aliphatic rings. The van der Waals surface area contributed by atoms with Crippen molar-refractivity contribution in [2.45, 2.75) is 0 Å². The van der Waals surface area contributed by atoms with Crippen LogP contribution in [-0.4, -0.2) is 17.1 Å². The van der Waals surface area contributed by atoms with Gasteiger partial charge in [-0.15, -0.1) is 0 Å². The van der Waals surface area contributed by atoms with E-state index in [2.05, 4.69) is 9.97 Å². The molecule has 2 heterocycles. The minimum Gasteiger partial charge on any atom is -0.497 e. The molecule has 4 nitrogen and oxygen atoms in total. The molecule has 0 bridgehead atoms. The van der Waals surface area contributed by atoms with Crippen molar-refractivity contribution in [3.8, 4) is 17.0 Å². The van der Waals surface area contributed by atoms with E-state index in [1.165, 1.54) is 0 Å². The number of aromatic nitrogens is 2. The number of pyridine rings is 1. The van der Waals surface area contributed by atoms with Crippen LogP contribution in [0.15, 0.2) is 42.7 Å². The highest BCUT2D eigenvalue weighted by Crippen LogP contribution is 2.30. The summed E-state index contributed by atoms with van der Waals surface area (Å²) in [7, 11) is 1.66. The minimum atomic E-state index is 0.663. The average Bonchev–Trinajstić information content (AvgIpc) is 2.82. The van der Waals surface area contributed by atoms with Crippen LogP contribution in [0.25, 0.3) is 22.2 Å². The fraction of sp³-hybridized carbons (Fsp3) is 0.0714. The third kappa shape index (κ3) is 1.68. The molecule has 0 aliphatic carbocycles. The van der Waals surface area contributed by atoms with Crippen molar-refractivity contribution in [1.82, 2.24) is 9.97 Å². The summed E-state index contributed by atoms with van der Waals surface area (Å²) in [6.45, 7) is 0. The molecule has 3 rings (SSSR count). The van der Waals surface area contributed by atoms with E-state index < -0.39 is 0 Å². The van der Waals surface area contributed by atoms with Crippen molar-refractivity contribution in [3.05, 3.63) is 42.7 Å². The first-order valence-electron chi connectivity index (χ1n) is 5.65. The number of aromatic amines is 1. The Kier molecular flexibility index (Phi) is 2.41. The fourth-order valence-electron chi connectivity index (χ4n) is 2.00. The summed E-state index contributed by atoms with van der Waals surface area (Å²) in [5, 5.41) is 1.09. The molecule has 0 fully saturated rings. The number of nitrogens with one attached hydrogen (secondary N) is 1. The zero-order valence-electron chi connectivity index (χ0n) is 9.97. The molecule has 3 aromatic rings. The molecular weight excluding hydrogens is 226 g/mol. The zero-order chi connectivity index (χ0) is 12.5. The molecule has 0 spiro atoms. The summed E-state index contributed by atoms with van der Waals surface area (Å²) in [6.07, 6.45) is 3.61. The number of benzene rings is 1. The Labute approximate surface area is 104 Å². The van der Waals surface area contributed by atoms with Gasteiger partial charge in [0.05, 0.1) is 24.7 Å². The second kappa shape index (κ2) is 4.07. The van der Waals surface area contributed by atoms with E-state index in [1.807, 2.05) is 36.5 Å². The summed E-state index contributed by atoms with van der Waals surface area (Å²) in [6, 6.07) is 9.69. The number of rotatable bonds is 2. The van der Waals surface area contributed by atoms with Crippen LogP contribution in [0.4, 0.5) is 5.69 Å². The highest BCUT2D eigenvalue weighted by molar-refractivity contribution is 5.95. The van der Waals surface area contributed by atoms with Crippen molar-refractivity contribution in [2.24, 2.45) is 0 Å². The van der Waals surface area contributed by atoms with E-state index in [0.29, 0.717) is 5.69 Å². The van der Waals surface area contributed by atoms with Crippen LogP contribution in [-0.2, 0) is 0 Å². The van der Waals surface area contributed by atoms with Crippen LogP contribution < -0.4 is 10.5 Å². The Morgan fingerprint density at radius 3 is 2.83 bits per heavy atom. The maximum Gasteiger partial charge on any atom is 0.119 e. The number of nitrogens with two attached hydrogens (primary N) is 1. The van der Waals surface area contributed by atoms with E-state index in [0.717, 1.165) is 27.9 Å². The predicted octanol–water partition coefficient (Wildman–Crippen LogP) is 2.82. The lowest BCUT2D eigenvalue weighted by molar-refractivity contribution is 0.415. The number of hydrogen-bond acceptors (Lipinski definition) is 3. The van der Waals surface area contributed by atoms with Crippen LogP contribution >= 0.6 is 0 Å². The molecular formula is C14H13N3O. The van der Waals surface area contributed by atoms with Gasteiger partial charge in [0.2, 0.25) is 0 Å². The van der Waals surface area contributed by atoms with Gasteiger partial charge in [-0.3, -0.25) is 4.98 Å². The van der Waals surface area contributed by atoms with Gasteiger partial charge >= 0.3 is 0 Å². The van der Waals surface area contributed by atoms with Gasteiger partial charge < -0.3 is 15.5 Å². The lowest BCUT2D eigenvalue weighted by Gasteiger charge is -2.02. The first-order valence-corrected chi connectivity index (χ1v) is 5.65. The highest BCUT2D eigenvalue weighted by atomic mass is 16.5. The molecule has 0 saturated heterocycles. The number of anilines is 1. The van der Waals surface area contributed by atoms with Gasteiger partial charge in [0.15, 0.2) is 0 Å². The van der Waals surface area contributed by atoms with E-state index in [4.69, 9.17) is 10.5 Å². The summed E-state index contributed by atoms with van der Waals surface area (Å²) >= 11 is 0. The first-order chi connectivity index (χ1) is 8.78. The third-order valence-corrected chi connectivity index (χ3v) is 2.95. The third-order valence-electron chi connectivity index (χ3n) is 2.95. The van der Waals surface area contributed by atoms with Gasteiger partial charge in [0.25, 0.3) is 0 Å². The fourth-order valence-corrected chi connectivity index (χ4v) is 2.00. The van der Waals surface area contributed by atoms with Crippen molar-refractivity contribution in [3.63, 3.8) is 0 Å². The normalized spacial score (nSPS) is 10.7. The minimum absolute atomic E-state index is 0.663. The van der Waals surface area contributed by atoms with Gasteiger partial charge in [-0.25, -0.2) is 0 Å². The van der Waals surface area contributed by atoms with E-state index in [1.54, 1.807) is 13.3 Å². The molecule has 0 radical (unpaired) electrons. The maximum absolute atomic E-state index is 5.65. The quantitative estimate of drug-likeness (QED) is 0.722. The first kappa shape index (κ1) is 10.7. The largest absolute Gasteiger partial charge is 0.497 e. The van der Waals surface area contributed by atoms with Crippen molar-refractivity contribution >= 4 is 16.6 Å². The van der Waals surface area contributed by atoms with Crippen LogP contribution in [0.2, 0.25) is 0 Å². The van der Waals surface area contributed by atoms with Crippen LogP contribution in [0.3, 0.4) is 0 Å².